The van der Waals surface area contributed by atoms with Crippen molar-refractivity contribution >= 4 is 32.9 Å². The number of halogens is 1. The van der Waals surface area contributed by atoms with Gasteiger partial charge < -0.3 is 5.73 Å². The van der Waals surface area contributed by atoms with E-state index in [0.29, 0.717) is 10.6 Å². The van der Waals surface area contributed by atoms with Gasteiger partial charge in [-0.25, -0.2) is 9.97 Å². The van der Waals surface area contributed by atoms with E-state index in [2.05, 4.69) is 36.0 Å². The van der Waals surface area contributed by atoms with Crippen molar-refractivity contribution in [2.75, 3.05) is 5.73 Å². The molecule has 0 aliphatic rings. The maximum Gasteiger partial charge on any atom is 0.240 e. The first-order valence-electron chi connectivity index (χ1n) is 5.27. The standard InChI is InChI=1S/C11H9BrN6/c1-6-9(18-10(12)16-11(13)17-18)15-8-5-3-2-4-7(8)14-6/h2-5H,1H3,(H2,13,17). The summed E-state index contributed by atoms with van der Waals surface area (Å²) in [5, 5.41) is 4.08. The Morgan fingerprint density at radius 1 is 1.11 bits per heavy atom. The molecule has 0 fully saturated rings. The number of nitrogens with zero attached hydrogens (tertiary/aromatic N) is 5. The fourth-order valence-electron chi connectivity index (χ4n) is 1.72. The van der Waals surface area contributed by atoms with Crippen molar-refractivity contribution < 1.29 is 0 Å². The summed E-state index contributed by atoms with van der Waals surface area (Å²) in [4.78, 5) is 13.0. The summed E-state index contributed by atoms with van der Waals surface area (Å²) in [7, 11) is 0. The van der Waals surface area contributed by atoms with Gasteiger partial charge in [0.15, 0.2) is 5.82 Å². The number of aryl methyl sites for hydroxylation is 1. The minimum absolute atomic E-state index is 0.191. The number of nitrogens with two attached hydrogens (primary N) is 1. The summed E-state index contributed by atoms with van der Waals surface area (Å²) < 4.78 is 2.04. The van der Waals surface area contributed by atoms with Gasteiger partial charge in [-0.1, -0.05) is 12.1 Å². The summed E-state index contributed by atoms with van der Waals surface area (Å²) >= 11 is 3.29. The smallest absolute Gasteiger partial charge is 0.240 e. The van der Waals surface area contributed by atoms with Gasteiger partial charge in [-0.3, -0.25) is 0 Å². The largest absolute Gasteiger partial charge is 0.366 e. The van der Waals surface area contributed by atoms with Gasteiger partial charge in [-0.15, -0.1) is 5.10 Å². The number of para-hydroxylation sites is 2. The lowest BCUT2D eigenvalue weighted by molar-refractivity contribution is 0.816. The van der Waals surface area contributed by atoms with E-state index < -0.39 is 0 Å². The van der Waals surface area contributed by atoms with Crippen LogP contribution < -0.4 is 5.73 Å². The van der Waals surface area contributed by atoms with E-state index in [1.165, 1.54) is 4.68 Å². The molecule has 2 aromatic heterocycles. The maximum absolute atomic E-state index is 5.56. The van der Waals surface area contributed by atoms with E-state index in [4.69, 9.17) is 5.73 Å². The lowest BCUT2D eigenvalue weighted by atomic mass is 10.3. The second-order valence-electron chi connectivity index (χ2n) is 3.77. The van der Waals surface area contributed by atoms with Crippen LogP contribution in [-0.2, 0) is 0 Å². The number of nitrogen functional groups attached to an aromatic ring is 1. The zero-order valence-electron chi connectivity index (χ0n) is 9.50. The molecule has 0 aliphatic heterocycles. The Morgan fingerprint density at radius 2 is 1.78 bits per heavy atom. The predicted octanol–water partition coefficient (Wildman–Crippen LogP) is 1.86. The Kier molecular flexibility index (Phi) is 2.48. The van der Waals surface area contributed by atoms with Crippen molar-refractivity contribution in [3.05, 3.63) is 34.7 Å². The molecule has 0 saturated carbocycles. The number of hydrogen-bond donors (Lipinski definition) is 1. The van der Waals surface area contributed by atoms with Crippen molar-refractivity contribution in [3.63, 3.8) is 0 Å². The Bertz CT molecular complexity index is 735. The van der Waals surface area contributed by atoms with Gasteiger partial charge in [-0.2, -0.15) is 9.67 Å². The molecule has 7 heteroatoms. The van der Waals surface area contributed by atoms with Crippen LogP contribution in [0, 0.1) is 6.92 Å². The summed E-state index contributed by atoms with van der Waals surface area (Å²) in [6.45, 7) is 1.87. The van der Waals surface area contributed by atoms with Crippen LogP contribution in [0.5, 0.6) is 0 Å². The third-order valence-corrected chi connectivity index (χ3v) is 3.02. The van der Waals surface area contributed by atoms with Crippen LogP contribution in [0.15, 0.2) is 29.0 Å². The SMILES string of the molecule is Cc1nc2ccccc2nc1-n1nc(N)nc1Br. The van der Waals surface area contributed by atoms with Crippen molar-refractivity contribution in [2.45, 2.75) is 6.92 Å². The summed E-state index contributed by atoms with van der Waals surface area (Å²) in [6, 6.07) is 7.67. The second-order valence-corrected chi connectivity index (χ2v) is 4.48. The number of benzene rings is 1. The van der Waals surface area contributed by atoms with Crippen molar-refractivity contribution in [1.82, 2.24) is 24.7 Å². The first-order chi connectivity index (χ1) is 8.65. The zero-order valence-corrected chi connectivity index (χ0v) is 11.1. The molecule has 0 bridgehead atoms. The number of fused-ring (bicyclic) bond motifs is 1. The van der Waals surface area contributed by atoms with Gasteiger partial charge in [0, 0.05) is 0 Å². The van der Waals surface area contributed by atoms with Crippen LogP contribution in [0.2, 0.25) is 0 Å². The number of aromatic nitrogens is 5. The molecule has 2 heterocycles. The van der Waals surface area contributed by atoms with E-state index in [1.807, 2.05) is 31.2 Å². The lowest BCUT2D eigenvalue weighted by Gasteiger charge is -2.06. The topological polar surface area (TPSA) is 82.5 Å². The molecule has 0 radical (unpaired) electrons. The van der Waals surface area contributed by atoms with Crippen LogP contribution >= 0.6 is 15.9 Å². The molecule has 0 atom stereocenters. The minimum Gasteiger partial charge on any atom is -0.366 e. The Balaban J connectivity index is 2.29. The highest BCUT2D eigenvalue weighted by Gasteiger charge is 2.12. The molecular weight excluding hydrogens is 296 g/mol. The highest BCUT2D eigenvalue weighted by molar-refractivity contribution is 9.10. The quantitative estimate of drug-likeness (QED) is 0.742. The first-order valence-corrected chi connectivity index (χ1v) is 6.06. The van der Waals surface area contributed by atoms with Gasteiger partial charge in [0.1, 0.15) is 0 Å². The molecule has 18 heavy (non-hydrogen) atoms. The third-order valence-electron chi connectivity index (χ3n) is 2.50. The van der Waals surface area contributed by atoms with Crippen LogP contribution in [-0.4, -0.2) is 24.7 Å². The highest BCUT2D eigenvalue weighted by Crippen LogP contribution is 2.19. The van der Waals surface area contributed by atoms with E-state index in [-0.39, 0.29) is 5.95 Å². The second kappa shape index (κ2) is 4.02. The Labute approximate surface area is 111 Å². The molecule has 0 aliphatic carbocycles. The Morgan fingerprint density at radius 3 is 2.39 bits per heavy atom. The number of hydrogen-bond acceptors (Lipinski definition) is 5. The molecule has 6 nitrogen and oxygen atoms in total. The molecule has 0 saturated heterocycles. The van der Waals surface area contributed by atoms with Crippen LogP contribution in [0.25, 0.3) is 16.9 Å². The monoisotopic (exact) mass is 304 g/mol. The van der Waals surface area contributed by atoms with E-state index in [1.54, 1.807) is 0 Å². The third kappa shape index (κ3) is 1.72. The molecule has 0 unspecified atom stereocenters. The molecule has 3 rings (SSSR count). The van der Waals surface area contributed by atoms with Gasteiger partial charge in [-0.05, 0) is 35.0 Å². The lowest BCUT2D eigenvalue weighted by Crippen LogP contribution is -2.05. The maximum atomic E-state index is 5.56. The van der Waals surface area contributed by atoms with Crippen molar-refractivity contribution in [1.29, 1.82) is 0 Å². The number of rotatable bonds is 1. The van der Waals surface area contributed by atoms with Crippen LogP contribution in [0.3, 0.4) is 0 Å². The fraction of sp³-hybridized carbons (Fsp3) is 0.0909. The van der Waals surface area contributed by atoms with Crippen molar-refractivity contribution in [2.24, 2.45) is 0 Å². The van der Waals surface area contributed by atoms with Gasteiger partial charge in [0.25, 0.3) is 0 Å². The fourth-order valence-corrected chi connectivity index (χ4v) is 2.15. The summed E-state index contributed by atoms with van der Waals surface area (Å²) in [5.74, 6) is 0.806. The van der Waals surface area contributed by atoms with Crippen LogP contribution in [0.4, 0.5) is 5.95 Å². The molecule has 0 amide bonds. The highest BCUT2D eigenvalue weighted by atomic mass is 79.9. The van der Waals surface area contributed by atoms with E-state index in [0.717, 1.165) is 16.7 Å². The number of anilines is 1. The van der Waals surface area contributed by atoms with Gasteiger partial charge in [0.05, 0.1) is 16.7 Å². The average molecular weight is 305 g/mol. The summed E-state index contributed by atoms with van der Waals surface area (Å²) in [5.41, 5.74) is 7.98. The molecule has 3 aromatic rings. The minimum atomic E-state index is 0.191. The summed E-state index contributed by atoms with van der Waals surface area (Å²) in [6.07, 6.45) is 0. The van der Waals surface area contributed by atoms with Gasteiger partial charge in [0.2, 0.25) is 10.7 Å². The zero-order chi connectivity index (χ0) is 12.7. The molecule has 2 N–H and O–H groups in total. The van der Waals surface area contributed by atoms with E-state index >= 15 is 0 Å². The van der Waals surface area contributed by atoms with E-state index in [9.17, 15) is 0 Å². The van der Waals surface area contributed by atoms with Crippen molar-refractivity contribution in [3.8, 4) is 5.82 Å². The predicted molar refractivity (Wildman–Crippen MR) is 71.3 cm³/mol. The molecular formula is C11H9BrN6. The molecule has 90 valence electrons. The Hall–Kier alpha value is -2.02. The molecule has 1 aromatic carbocycles. The van der Waals surface area contributed by atoms with Crippen LogP contribution in [0.1, 0.15) is 5.69 Å². The van der Waals surface area contributed by atoms with Gasteiger partial charge >= 0.3 is 0 Å². The molecule has 0 spiro atoms. The normalized spacial score (nSPS) is 11.0. The first kappa shape index (κ1) is 11.1. The average Bonchev–Trinajstić information content (AvgIpc) is 2.67.